The number of piperidine rings is 1. The van der Waals surface area contributed by atoms with Crippen molar-refractivity contribution in [2.75, 3.05) is 43.5 Å². The molecule has 14 heteroatoms. The van der Waals surface area contributed by atoms with Crippen LogP contribution in [-0.4, -0.2) is 68.2 Å². The Hall–Kier alpha value is -3.78. The van der Waals surface area contributed by atoms with Gasteiger partial charge in [0.1, 0.15) is 11.6 Å². The van der Waals surface area contributed by atoms with Gasteiger partial charge in [0.15, 0.2) is 5.69 Å². The molecule has 3 N–H and O–H groups in total. The standard InChI is InChI=1S/C26H29F4N9O/c1-14-13-40-10-9-37(14)21-12-19(34-25(35-21)38-20-4-3-16(27)11-18(20)33-24(38)31)22-15(2)36-39(23(22)26(28,29)30)17-5-7-32-8-6-17/h3-4,11-12,14,17,32H,5-10,13H2,1-2H3,(H2,31,33)/t14-/m1/s1. The molecule has 10 nitrogen and oxygen atoms in total. The molecule has 3 aromatic heterocycles. The molecule has 0 amide bonds. The molecule has 1 atom stereocenters. The van der Waals surface area contributed by atoms with Crippen molar-refractivity contribution in [2.45, 2.75) is 44.9 Å². The number of aromatic nitrogens is 6. The van der Waals surface area contributed by atoms with E-state index in [2.05, 4.69) is 20.4 Å². The molecule has 6 rings (SSSR count). The van der Waals surface area contributed by atoms with Crippen LogP contribution in [0, 0.1) is 12.7 Å². The van der Waals surface area contributed by atoms with Crippen molar-refractivity contribution in [1.29, 1.82) is 0 Å². The molecule has 0 saturated carbocycles. The van der Waals surface area contributed by atoms with Crippen molar-refractivity contribution in [3.05, 3.63) is 41.5 Å². The van der Waals surface area contributed by atoms with Crippen LogP contribution >= 0.6 is 0 Å². The molecule has 2 saturated heterocycles. The topological polar surface area (TPSA) is 112 Å². The summed E-state index contributed by atoms with van der Waals surface area (Å²) >= 11 is 0. The van der Waals surface area contributed by atoms with Crippen molar-refractivity contribution in [3.63, 3.8) is 0 Å². The molecule has 0 radical (unpaired) electrons. The monoisotopic (exact) mass is 559 g/mol. The number of imidazole rings is 1. The minimum absolute atomic E-state index is 0.0168. The fraction of sp³-hybridized carbons (Fsp3) is 0.462. The lowest BCUT2D eigenvalue weighted by Gasteiger charge is -2.34. The Balaban J connectivity index is 1.59. The number of anilines is 2. The van der Waals surface area contributed by atoms with Crippen LogP contribution < -0.4 is 16.0 Å². The number of nitrogens with zero attached hydrogens (tertiary/aromatic N) is 7. The highest BCUT2D eigenvalue weighted by Crippen LogP contribution is 2.42. The maximum atomic E-state index is 14.7. The number of rotatable bonds is 4. The second-order valence-corrected chi connectivity index (χ2v) is 10.2. The van der Waals surface area contributed by atoms with E-state index in [4.69, 9.17) is 15.5 Å². The van der Waals surface area contributed by atoms with E-state index >= 15 is 0 Å². The molecule has 0 spiro atoms. The largest absolute Gasteiger partial charge is 0.433 e. The van der Waals surface area contributed by atoms with Gasteiger partial charge in [-0.05, 0) is 51.9 Å². The Morgan fingerprint density at radius 3 is 2.60 bits per heavy atom. The molecule has 1 aromatic carbocycles. The van der Waals surface area contributed by atoms with Gasteiger partial charge in [0.25, 0.3) is 0 Å². The smallest absolute Gasteiger partial charge is 0.377 e. The first-order valence-electron chi connectivity index (χ1n) is 13.2. The number of alkyl halides is 3. The van der Waals surface area contributed by atoms with Crippen molar-refractivity contribution in [3.8, 4) is 17.2 Å². The number of nitrogens with two attached hydrogens (primary N) is 1. The molecule has 2 fully saturated rings. The van der Waals surface area contributed by atoms with E-state index in [0.29, 0.717) is 57.0 Å². The number of aryl methyl sites for hydroxylation is 1. The van der Waals surface area contributed by atoms with Crippen LogP contribution in [0.5, 0.6) is 0 Å². The number of nitrogens with one attached hydrogen (secondary N) is 1. The summed E-state index contributed by atoms with van der Waals surface area (Å²) in [5, 5.41) is 7.58. The second-order valence-electron chi connectivity index (χ2n) is 10.2. The molecule has 0 bridgehead atoms. The second kappa shape index (κ2) is 10.0. The average Bonchev–Trinajstić information content (AvgIpc) is 3.45. The Morgan fingerprint density at radius 1 is 1.10 bits per heavy atom. The van der Waals surface area contributed by atoms with Gasteiger partial charge < -0.3 is 20.7 Å². The lowest BCUT2D eigenvalue weighted by Crippen LogP contribution is -2.44. The van der Waals surface area contributed by atoms with E-state index < -0.39 is 23.7 Å². The van der Waals surface area contributed by atoms with Gasteiger partial charge in [0, 0.05) is 18.7 Å². The zero-order valence-electron chi connectivity index (χ0n) is 22.0. The van der Waals surface area contributed by atoms with Gasteiger partial charge in [-0.2, -0.15) is 23.3 Å². The minimum atomic E-state index is -4.68. The summed E-state index contributed by atoms with van der Waals surface area (Å²) < 4.78 is 66.3. The lowest BCUT2D eigenvalue weighted by molar-refractivity contribution is -0.144. The average molecular weight is 560 g/mol. The van der Waals surface area contributed by atoms with Crippen molar-refractivity contribution < 1.29 is 22.3 Å². The number of morpholine rings is 1. The van der Waals surface area contributed by atoms with E-state index in [1.165, 1.54) is 22.8 Å². The van der Waals surface area contributed by atoms with Gasteiger partial charge >= 0.3 is 6.18 Å². The predicted octanol–water partition coefficient (Wildman–Crippen LogP) is 3.88. The quantitative estimate of drug-likeness (QED) is 0.363. The third-order valence-electron chi connectivity index (χ3n) is 7.47. The van der Waals surface area contributed by atoms with Gasteiger partial charge in [0.2, 0.25) is 11.9 Å². The summed E-state index contributed by atoms with van der Waals surface area (Å²) in [7, 11) is 0. The van der Waals surface area contributed by atoms with Crippen molar-refractivity contribution in [2.24, 2.45) is 0 Å². The summed E-state index contributed by atoms with van der Waals surface area (Å²) in [5.74, 6) is -0.0662. The molecule has 5 heterocycles. The van der Waals surface area contributed by atoms with E-state index in [9.17, 15) is 17.6 Å². The molecular formula is C26H29F4N9O. The van der Waals surface area contributed by atoms with Crippen LogP contribution in [0.3, 0.4) is 0 Å². The van der Waals surface area contributed by atoms with Crippen LogP contribution in [0.25, 0.3) is 28.2 Å². The van der Waals surface area contributed by atoms with Crippen LogP contribution in [-0.2, 0) is 10.9 Å². The zero-order valence-corrected chi connectivity index (χ0v) is 22.0. The highest BCUT2D eigenvalue weighted by molar-refractivity contribution is 5.80. The molecule has 2 aliphatic rings. The van der Waals surface area contributed by atoms with Crippen LogP contribution in [0.2, 0.25) is 0 Å². The van der Waals surface area contributed by atoms with Gasteiger partial charge in [0.05, 0.1) is 53.3 Å². The van der Waals surface area contributed by atoms with Gasteiger partial charge in [-0.3, -0.25) is 4.68 Å². The highest BCUT2D eigenvalue weighted by atomic mass is 19.4. The van der Waals surface area contributed by atoms with Gasteiger partial charge in [-0.15, -0.1) is 0 Å². The number of fused-ring (bicyclic) bond motifs is 1. The number of nitrogen functional groups attached to an aromatic ring is 1. The Morgan fingerprint density at radius 2 is 1.88 bits per heavy atom. The Kier molecular flexibility index (Phi) is 6.61. The third kappa shape index (κ3) is 4.64. The van der Waals surface area contributed by atoms with Crippen LogP contribution in [0.15, 0.2) is 24.3 Å². The number of hydrogen-bond acceptors (Lipinski definition) is 8. The van der Waals surface area contributed by atoms with E-state index in [0.717, 1.165) is 4.68 Å². The number of halogens is 4. The van der Waals surface area contributed by atoms with Crippen LogP contribution in [0.4, 0.5) is 29.3 Å². The zero-order chi connectivity index (χ0) is 28.2. The fourth-order valence-corrected chi connectivity index (χ4v) is 5.59. The SMILES string of the molecule is Cc1nn(C2CCNCC2)c(C(F)(F)F)c1-c1cc(N2CCOC[C@H]2C)nc(-n2c(N)nc3cc(F)ccc32)n1. The van der Waals surface area contributed by atoms with Crippen molar-refractivity contribution in [1.82, 2.24) is 34.6 Å². The van der Waals surface area contributed by atoms with E-state index in [1.807, 2.05) is 11.8 Å². The fourth-order valence-electron chi connectivity index (χ4n) is 5.59. The summed E-state index contributed by atoms with van der Waals surface area (Å²) in [6.07, 6.45) is -3.62. The van der Waals surface area contributed by atoms with Crippen molar-refractivity contribution >= 4 is 22.8 Å². The third-order valence-corrected chi connectivity index (χ3v) is 7.47. The molecule has 4 aromatic rings. The van der Waals surface area contributed by atoms with Gasteiger partial charge in [-0.1, -0.05) is 0 Å². The first-order valence-corrected chi connectivity index (χ1v) is 13.2. The molecule has 212 valence electrons. The maximum Gasteiger partial charge on any atom is 0.433 e. The number of hydrogen-bond donors (Lipinski definition) is 2. The summed E-state index contributed by atoms with van der Waals surface area (Å²) in [5.41, 5.74) is 6.25. The van der Waals surface area contributed by atoms with Gasteiger partial charge in [-0.25, -0.2) is 18.9 Å². The highest BCUT2D eigenvalue weighted by Gasteiger charge is 2.42. The summed E-state index contributed by atoms with van der Waals surface area (Å²) in [6, 6.07) is 5.05. The number of benzene rings is 1. The molecule has 40 heavy (non-hydrogen) atoms. The Labute approximate surface area is 227 Å². The van der Waals surface area contributed by atoms with E-state index in [-0.39, 0.29) is 40.4 Å². The molecular weight excluding hydrogens is 530 g/mol. The number of ether oxygens (including phenoxy) is 1. The van der Waals surface area contributed by atoms with E-state index in [1.54, 1.807) is 13.0 Å². The van der Waals surface area contributed by atoms with Crippen LogP contribution in [0.1, 0.15) is 37.2 Å². The lowest BCUT2D eigenvalue weighted by atomic mass is 10.0. The Bertz CT molecular complexity index is 1560. The maximum absolute atomic E-state index is 14.7. The predicted molar refractivity (Wildman–Crippen MR) is 141 cm³/mol. The minimum Gasteiger partial charge on any atom is -0.377 e. The normalized spacial score (nSPS) is 19.1. The molecule has 0 aliphatic carbocycles. The molecule has 2 aliphatic heterocycles. The summed E-state index contributed by atoms with van der Waals surface area (Å²) in [4.78, 5) is 15.5. The first kappa shape index (κ1) is 26.4. The summed E-state index contributed by atoms with van der Waals surface area (Å²) in [6.45, 7) is 6.10. The molecule has 0 unspecified atom stereocenters. The first-order chi connectivity index (χ1) is 19.1.